The molecule has 3 unspecified atom stereocenters. The van der Waals surface area contributed by atoms with Gasteiger partial charge in [0.1, 0.15) is 47.0 Å². The molecule has 212 valence electrons. The normalized spacial score (nSPS) is 21.0. The number of hydrogen-bond acceptors (Lipinski definition) is 9. The van der Waals surface area contributed by atoms with Gasteiger partial charge in [-0.15, -0.1) is 0 Å². The molecule has 1 amide bonds. The van der Waals surface area contributed by atoms with E-state index >= 15 is 0 Å². The maximum atomic E-state index is 14.8. The van der Waals surface area contributed by atoms with Crippen molar-refractivity contribution in [2.45, 2.75) is 44.3 Å². The summed E-state index contributed by atoms with van der Waals surface area (Å²) >= 11 is 0. The van der Waals surface area contributed by atoms with Crippen LogP contribution in [0, 0.1) is 11.6 Å². The average molecular weight is 564 g/mol. The molecule has 0 saturated carbocycles. The summed E-state index contributed by atoms with van der Waals surface area (Å²) in [6.45, 7) is 2.53. The Balaban J connectivity index is 1.24. The highest BCUT2D eigenvalue weighted by molar-refractivity contribution is 5.96. The van der Waals surface area contributed by atoms with Crippen molar-refractivity contribution in [3.05, 3.63) is 54.0 Å². The van der Waals surface area contributed by atoms with Gasteiger partial charge in [-0.25, -0.2) is 28.5 Å². The van der Waals surface area contributed by atoms with Gasteiger partial charge in [0.05, 0.1) is 24.3 Å². The number of carbonyl (C=O) groups excluding carboxylic acids is 1. The molecule has 10 nitrogen and oxygen atoms in total. The van der Waals surface area contributed by atoms with Crippen molar-refractivity contribution in [2.75, 3.05) is 32.0 Å². The third-order valence-electron chi connectivity index (χ3n) is 8.23. The summed E-state index contributed by atoms with van der Waals surface area (Å²) in [7, 11) is 1.51. The van der Waals surface area contributed by atoms with Crippen LogP contribution in [-0.2, 0) is 11.2 Å². The molecular weight excluding hydrogens is 536 g/mol. The molecule has 2 aromatic heterocycles. The molecule has 3 aliphatic heterocycles. The Morgan fingerprint density at radius 3 is 2.80 bits per heavy atom. The Bertz CT molecular complexity index is 1690. The maximum absolute atomic E-state index is 14.8. The zero-order valence-corrected chi connectivity index (χ0v) is 22.5. The van der Waals surface area contributed by atoms with E-state index in [0.29, 0.717) is 46.3 Å². The molecule has 2 fully saturated rings. The van der Waals surface area contributed by atoms with Crippen LogP contribution in [0.1, 0.15) is 25.3 Å². The first kappa shape index (κ1) is 25.6. The van der Waals surface area contributed by atoms with E-state index in [1.54, 1.807) is 23.1 Å². The number of amides is 1. The van der Waals surface area contributed by atoms with Crippen LogP contribution in [0.25, 0.3) is 21.7 Å². The van der Waals surface area contributed by atoms with E-state index in [-0.39, 0.29) is 54.5 Å². The molecule has 0 aliphatic carbocycles. The fourth-order valence-corrected chi connectivity index (χ4v) is 6.49. The summed E-state index contributed by atoms with van der Waals surface area (Å²) in [5.41, 5.74) is 0.607. The van der Waals surface area contributed by atoms with Crippen LogP contribution in [0.2, 0.25) is 0 Å². The molecule has 0 N–H and O–H groups in total. The number of nitrogens with zero attached hydrogens (tertiary/aromatic N) is 5. The molecule has 2 aromatic carbocycles. The number of aromatic nitrogens is 3. The lowest BCUT2D eigenvalue weighted by molar-refractivity contribution is 0.0510. The first-order valence-electron chi connectivity index (χ1n) is 13.5. The monoisotopic (exact) mass is 563 g/mol. The number of anilines is 1. The van der Waals surface area contributed by atoms with E-state index < -0.39 is 11.9 Å². The number of hydrogen-bond donors (Lipinski definition) is 0. The predicted octanol–water partition coefficient (Wildman–Crippen LogP) is 4.61. The number of pyridine rings is 1. The van der Waals surface area contributed by atoms with E-state index in [1.165, 1.54) is 19.5 Å². The lowest BCUT2D eigenvalue weighted by Crippen LogP contribution is -2.63. The van der Waals surface area contributed by atoms with E-state index in [9.17, 15) is 13.6 Å². The first-order chi connectivity index (χ1) is 20.0. The van der Waals surface area contributed by atoms with Gasteiger partial charge in [0.2, 0.25) is 5.88 Å². The molecule has 0 spiro atoms. The fraction of sp³-hybridized carbons (Fsp3) is 0.379. The average Bonchev–Trinajstić information content (AvgIpc) is 3.21. The summed E-state index contributed by atoms with van der Waals surface area (Å²) in [5, 5.41) is 1.65. The summed E-state index contributed by atoms with van der Waals surface area (Å²) in [5.74, 6) is 0.551. The van der Waals surface area contributed by atoms with Crippen LogP contribution < -0.4 is 19.1 Å². The minimum atomic E-state index is -0.550. The van der Waals surface area contributed by atoms with E-state index in [1.807, 2.05) is 6.92 Å². The van der Waals surface area contributed by atoms with Crippen molar-refractivity contribution in [3.8, 4) is 17.4 Å². The van der Waals surface area contributed by atoms with Crippen LogP contribution in [0.15, 0.2) is 36.8 Å². The first-order valence-corrected chi connectivity index (χ1v) is 13.5. The second kappa shape index (κ2) is 9.95. The number of fused-ring (bicyclic) bond motifs is 6. The SMILES string of the molecule is CCc1c(F)ccc2cc(OCOC)cc(OC(=O)N3C4CCC3C3COc5ncc(F)c6ncnc(c56)N3C4)c12. The number of benzene rings is 2. The third-order valence-corrected chi connectivity index (χ3v) is 8.23. The van der Waals surface area contributed by atoms with Crippen LogP contribution in [0.3, 0.4) is 0 Å². The lowest BCUT2D eigenvalue weighted by Gasteiger charge is -2.45. The van der Waals surface area contributed by atoms with Gasteiger partial charge in [0.25, 0.3) is 0 Å². The Labute approximate surface area is 233 Å². The van der Waals surface area contributed by atoms with E-state index in [0.717, 1.165) is 19.0 Å². The molecule has 7 rings (SSSR count). The number of halogens is 2. The van der Waals surface area contributed by atoms with Gasteiger partial charge in [0, 0.05) is 25.1 Å². The van der Waals surface area contributed by atoms with Crippen LogP contribution in [0.4, 0.5) is 19.4 Å². The number of ether oxygens (including phenoxy) is 4. The quantitative estimate of drug-likeness (QED) is 0.322. The zero-order chi connectivity index (χ0) is 28.2. The van der Waals surface area contributed by atoms with Gasteiger partial charge in [-0.2, -0.15) is 0 Å². The number of carbonyl (C=O) groups is 1. The molecule has 2 saturated heterocycles. The second-order valence-corrected chi connectivity index (χ2v) is 10.4. The molecule has 3 aliphatic rings. The van der Waals surface area contributed by atoms with Gasteiger partial charge < -0.3 is 23.8 Å². The molecule has 3 atom stereocenters. The van der Waals surface area contributed by atoms with E-state index in [2.05, 4.69) is 19.9 Å². The minimum absolute atomic E-state index is 0.00592. The molecule has 12 heteroatoms. The van der Waals surface area contributed by atoms with Crippen LogP contribution >= 0.6 is 0 Å². The van der Waals surface area contributed by atoms with E-state index in [4.69, 9.17) is 18.9 Å². The van der Waals surface area contributed by atoms with Crippen molar-refractivity contribution < 1.29 is 32.5 Å². The Morgan fingerprint density at radius 1 is 1.10 bits per heavy atom. The molecular formula is C29H27F2N5O5. The highest BCUT2D eigenvalue weighted by Crippen LogP contribution is 2.43. The lowest BCUT2D eigenvalue weighted by atomic mass is 10.0. The van der Waals surface area contributed by atoms with Crippen molar-refractivity contribution in [1.82, 2.24) is 19.9 Å². The summed E-state index contributed by atoms with van der Waals surface area (Å²) in [6, 6.07) is 5.70. The number of rotatable bonds is 5. The fourth-order valence-electron chi connectivity index (χ4n) is 6.49. The van der Waals surface area contributed by atoms with Crippen molar-refractivity contribution in [2.24, 2.45) is 0 Å². The largest absolute Gasteiger partial charge is 0.475 e. The smallest absolute Gasteiger partial charge is 0.415 e. The van der Waals surface area contributed by atoms with Crippen molar-refractivity contribution in [3.63, 3.8) is 0 Å². The Hall–Kier alpha value is -4.32. The number of methoxy groups -OCH3 is 1. The molecule has 4 aromatic rings. The summed E-state index contributed by atoms with van der Waals surface area (Å²) in [6.07, 6.45) is 3.79. The molecule has 2 bridgehead atoms. The number of aryl methyl sites for hydroxylation is 1. The van der Waals surface area contributed by atoms with Gasteiger partial charge in [-0.05, 0) is 42.3 Å². The standard InChI is InChI=1S/C29H27F2N5O5/c1-3-18-19(30)6-4-15-8-17(40-14-38-2)9-23(24(15)18)41-29(37)36-16-5-7-21(36)22-12-39-28-25-26(20(31)10-32-28)33-13-34-27(25)35(22)11-16/h4,6,8-10,13,16,21-22H,3,5,7,11-12,14H2,1-2H3. The molecule has 5 heterocycles. The zero-order valence-electron chi connectivity index (χ0n) is 22.5. The second-order valence-electron chi connectivity index (χ2n) is 10.4. The summed E-state index contributed by atoms with van der Waals surface area (Å²) < 4.78 is 52.2. The van der Waals surface area contributed by atoms with Crippen molar-refractivity contribution in [1.29, 1.82) is 0 Å². The van der Waals surface area contributed by atoms with Crippen LogP contribution in [-0.4, -0.2) is 71.1 Å². The van der Waals surface area contributed by atoms with Crippen LogP contribution in [0.5, 0.6) is 17.4 Å². The third kappa shape index (κ3) is 4.07. The predicted molar refractivity (Wildman–Crippen MR) is 144 cm³/mol. The number of piperazine rings is 1. The Kier molecular flexibility index (Phi) is 6.22. The highest BCUT2D eigenvalue weighted by Gasteiger charge is 2.51. The van der Waals surface area contributed by atoms with Gasteiger partial charge >= 0.3 is 6.09 Å². The summed E-state index contributed by atoms with van der Waals surface area (Å²) in [4.78, 5) is 30.5. The molecule has 41 heavy (non-hydrogen) atoms. The Morgan fingerprint density at radius 2 is 1.98 bits per heavy atom. The topological polar surface area (TPSA) is 99.1 Å². The van der Waals surface area contributed by atoms with Gasteiger partial charge in [-0.3, -0.25) is 4.90 Å². The highest BCUT2D eigenvalue weighted by atomic mass is 19.1. The molecule has 0 radical (unpaired) electrons. The van der Waals surface area contributed by atoms with Gasteiger partial charge in [0.15, 0.2) is 12.6 Å². The minimum Gasteiger partial charge on any atom is -0.475 e. The van der Waals surface area contributed by atoms with Crippen molar-refractivity contribution >= 4 is 33.6 Å². The van der Waals surface area contributed by atoms with Gasteiger partial charge in [-0.1, -0.05) is 13.0 Å². The maximum Gasteiger partial charge on any atom is 0.415 e.